The number of thiazole rings is 1. The Morgan fingerprint density at radius 1 is 0.920 bits per heavy atom. The fourth-order valence-corrected chi connectivity index (χ4v) is 6.89. The van der Waals surface area contributed by atoms with Crippen LogP contribution in [-0.2, 0) is 14.3 Å². The summed E-state index contributed by atoms with van der Waals surface area (Å²) in [5.74, 6) is -0.261. The molecule has 2 aromatic heterocycles. The highest BCUT2D eigenvalue weighted by atomic mass is 32.1. The van der Waals surface area contributed by atoms with E-state index < -0.39 is 18.0 Å². The Morgan fingerprint density at radius 3 is 2.28 bits per heavy atom. The predicted octanol–water partition coefficient (Wildman–Crippen LogP) is 5.92. The number of aryl methyl sites for hydroxylation is 1. The number of nitrogens with zero attached hydrogens (tertiary/aromatic N) is 4. The van der Waals surface area contributed by atoms with Crippen molar-refractivity contribution in [2.45, 2.75) is 59.8 Å². The molecular weight excluding hydrogens is 653 g/mol. The number of allylic oxidation sites excluding steroid dienone is 1. The quantitative estimate of drug-likeness (QED) is 0.177. The molecule has 3 heterocycles. The fraction of sp³-hybridized carbons (Fsp3) is 0.256. The summed E-state index contributed by atoms with van der Waals surface area (Å²) in [5.41, 5.74) is 5.44. The molecule has 0 aliphatic carbocycles. The lowest BCUT2D eigenvalue weighted by atomic mass is 9.95. The number of fused-ring (bicyclic) bond motifs is 1. The largest absolute Gasteiger partial charge is 0.491 e. The minimum atomic E-state index is -0.839. The zero-order valence-corrected chi connectivity index (χ0v) is 29.8. The fourth-order valence-electron chi connectivity index (χ4n) is 5.85. The van der Waals surface area contributed by atoms with Crippen molar-refractivity contribution < 1.29 is 23.8 Å². The molecule has 11 heteroatoms. The average Bonchev–Trinajstić information content (AvgIpc) is 3.65. The summed E-state index contributed by atoms with van der Waals surface area (Å²) in [4.78, 5) is 45.3. The molecule has 0 N–H and O–H groups in total. The Kier molecular flexibility index (Phi) is 9.70. The molecule has 1 aliphatic rings. The van der Waals surface area contributed by atoms with Crippen molar-refractivity contribution in [2.24, 2.45) is 4.99 Å². The third kappa shape index (κ3) is 6.81. The minimum Gasteiger partial charge on any atom is -0.491 e. The van der Waals surface area contributed by atoms with Crippen LogP contribution >= 0.6 is 11.3 Å². The van der Waals surface area contributed by atoms with Gasteiger partial charge >= 0.3 is 11.9 Å². The number of esters is 2. The minimum absolute atomic E-state index is 0.0319. The Bertz CT molecular complexity index is 2300. The number of methoxy groups -OCH3 is 1. The first-order valence-electron chi connectivity index (χ1n) is 16.3. The van der Waals surface area contributed by atoms with Gasteiger partial charge in [0.05, 0.1) is 52.4 Å². The van der Waals surface area contributed by atoms with Crippen LogP contribution in [0.1, 0.15) is 67.7 Å². The van der Waals surface area contributed by atoms with E-state index in [9.17, 15) is 14.4 Å². The summed E-state index contributed by atoms with van der Waals surface area (Å²) >= 11 is 1.23. The van der Waals surface area contributed by atoms with Crippen LogP contribution < -0.4 is 19.6 Å². The van der Waals surface area contributed by atoms with Crippen LogP contribution in [0.3, 0.4) is 0 Å². The molecule has 0 bridgehead atoms. The lowest BCUT2D eigenvalue weighted by Crippen LogP contribution is -2.40. The van der Waals surface area contributed by atoms with Crippen molar-refractivity contribution in [1.29, 1.82) is 0 Å². The molecule has 1 aliphatic heterocycles. The van der Waals surface area contributed by atoms with Gasteiger partial charge in [-0.2, -0.15) is 5.10 Å². The summed E-state index contributed by atoms with van der Waals surface area (Å²) in [6.45, 7) is 11.2. The SMILES string of the molecule is COC(=O)c1ccc(C2C(C(=O)OC(C)C)=C(C)N=c3s/c(=C\c4cn(-c5ccccc5)nc4-c4ccc(OC(C)C)c(C)c4)c(=O)n32)cc1. The molecule has 5 aromatic rings. The second kappa shape index (κ2) is 14.1. The standard InChI is InChI=1S/C39H38N4O6S/c1-22(2)48-31-18-17-28(19-24(31)5)34-29(21-42(41-34)30-11-9-8-10-12-30)20-32-36(44)43-35(26-13-15-27(16-14-26)37(45)47-7)33(38(46)49-23(3)4)25(6)40-39(43)50-32/h8-23,35H,1-7H3/b32-20-. The Hall–Kier alpha value is -5.55. The first-order valence-corrected chi connectivity index (χ1v) is 17.1. The van der Waals surface area contributed by atoms with E-state index in [1.54, 1.807) is 49.7 Å². The number of hydrogen-bond acceptors (Lipinski definition) is 9. The summed E-state index contributed by atoms with van der Waals surface area (Å²) in [6.07, 6.45) is 3.37. The monoisotopic (exact) mass is 690 g/mol. The molecule has 256 valence electrons. The molecule has 0 amide bonds. The lowest BCUT2D eigenvalue weighted by Gasteiger charge is -2.25. The molecule has 6 rings (SSSR count). The van der Waals surface area contributed by atoms with Crippen molar-refractivity contribution in [3.8, 4) is 22.7 Å². The van der Waals surface area contributed by atoms with Crippen molar-refractivity contribution >= 4 is 29.4 Å². The van der Waals surface area contributed by atoms with Crippen LogP contribution in [0.5, 0.6) is 5.75 Å². The van der Waals surface area contributed by atoms with E-state index in [0.717, 1.165) is 28.1 Å². The van der Waals surface area contributed by atoms with Gasteiger partial charge in [-0.15, -0.1) is 0 Å². The summed E-state index contributed by atoms with van der Waals surface area (Å²) in [5, 5.41) is 4.97. The zero-order valence-electron chi connectivity index (χ0n) is 29.0. The number of ether oxygens (including phenoxy) is 3. The Labute approximate surface area is 293 Å². The Morgan fingerprint density at radius 2 is 1.64 bits per heavy atom. The van der Waals surface area contributed by atoms with Gasteiger partial charge in [-0.05, 0) is 101 Å². The van der Waals surface area contributed by atoms with Gasteiger partial charge in [-0.1, -0.05) is 41.7 Å². The van der Waals surface area contributed by atoms with Crippen LogP contribution in [0.2, 0.25) is 0 Å². The predicted molar refractivity (Wildman–Crippen MR) is 192 cm³/mol. The van der Waals surface area contributed by atoms with Gasteiger partial charge in [0.2, 0.25) is 0 Å². The highest BCUT2D eigenvalue weighted by molar-refractivity contribution is 7.07. The number of carbonyl (C=O) groups excluding carboxylic acids is 2. The summed E-state index contributed by atoms with van der Waals surface area (Å²) in [7, 11) is 1.31. The van der Waals surface area contributed by atoms with Gasteiger partial charge in [-0.25, -0.2) is 19.3 Å². The van der Waals surface area contributed by atoms with Crippen molar-refractivity contribution in [3.05, 3.63) is 132 Å². The smallest absolute Gasteiger partial charge is 0.338 e. The van der Waals surface area contributed by atoms with E-state index in [-0.39, 0.29) is 23.3 Å². The molecule has 0 fully saturated rings. The second-order valence-corrected chi connectivity index (χ2v) is 13.5. The number of rotatable bonds is 9. The van der Waals surface area contributed by atoms with Crippen molar-refractivity contribution in [3.63, 3.8) is 0 Å². The van der Waals surface area contributed by atoms with Crippen LogP contribution in [0.15, 0.2) is 100 Å². The van der Waals surface area contributed by atoms with Crippen LogP contribution in [0.4, 0.5) is 0 Å². The molecule has 0 saturated heterocycles. The lowest BCUT2D eigenvalue weighted by molar-refractivity contribution is -0.143. The van der Waals surface area contributed by atoms with E-state index in [2.05, 4.69) is 0 Å². The van der Waals surface area contributed by atoms with E-state index in [4.69, 9.17) is 24.3 Å². The molecule has 1 unspecified atom stereocenters. The van der Waals surface area contributed by atoms with E-state index in [1.807, 2.05) is 81.6 Å². The average molecular weight is 691 g/mol. The molecule has 50 heavy (non-hydrogen) atoms. The topological polar surface area (TPSA) is 114 Å². The highest BCUT2D eigenvalue weighted by Gasteiger charge is 2.34. The molecule has 0 saturated carbocycles. The number of aromatic nitrogens is 3. The Balaban J connectivity index is 1.53. The van der Waals surface area contributed by atoms with Crippen LogP contribution in [0.25, 0.3) is 23.0 Å². The van der Waals surface area contributed by atoms with Crippen LogP contribution in [0, 0.1) is 6.92 Å². The van der Waals surface area contributed by atoms with E-state index >= 15 is 0 Å². The van der Waals surface area contributed by atoms with Crippen LogP contribution in [-0.4, -0.2) is 45.6 Å². The van der Waals surface area contributed by atoms with Gasteiger partial charge < -0.3 is 14.2 Å². The van der Waals surface area contributed by atoms with E-state index in [0.29, 0.717) is 31.9 Å². The van der Waals surface area contributed by atoms with Gasteiger partial charge in [0.1, 0.15) is 11.4 Å². The molecular formula is C39H38N4O6S. The molecule has 1 atom stereocenters. The maximum absolute atomic E-state index is 14.4. The van der Waals surface area contributed by atoms with Gasteiger partial charge in [0, 0.05) is 17.3 Å². The summed E-state index contributed by atoms with van der Waals surface area (Å²) < 4.78 is 20.2. The zero-order chi connectivity index (χ0) is 35.7. The number of benzene rings is 3. The van der Waals surface area contributed by atoms with Gasteiger partial charge in [0.25, 0.3) is 5.56 Å². The molecule has 3 aromatic carbocycles. The summed E-state index contributed by atoms with van der Waals surface area (Å²) in [6, 6.07) is 21.5. The molecule has 0 spiro atoms. The number of carbonyl (C=O) groups is 2. The van der Waals surface area contributed by atoms with Crippen molar-refractivity contribution in [1.82, 2.24) is 14.3 Å². The van der Waals surface area contributed by atoms with Gasteiger partial charge in [-0.3, -0.25) is 9.36 Å². The normalized spacial score (nSPS) is 14.5. The molecule has 0 radical (unpaired) electrons. The molecule has 10 nitrogen and oxygen atoms in total. The second-order valence-electron chi connectivity index (χ2n) is 12.5. The third-order valence-electron chi connectivity index (χ3n) is 8.09. The first-order chi connectivity index (χ1) is 23.9. The maximum atomic E-state index is 14.4. The maximum Gasteiger partial charge on any atom is 0.338 e. The van der Waals surface area contributed by atoms with E-state index in [1.165, 1.54) is 23.0 Å². The number of hydrogen-bond donors (Lipinski definition) is 0. The third-order valence-corrected chi connectivity index (χ3v) is 9.08. The highest BCUT2D eigenvalue weighted by Crippen LogP contribution is 2.32. The number of para-hydroxylation sites is 1. The van der Waals surface area contributed by atoms with Crippen molar-refractivity contribution in [2.75, 3.05) is 7.11 Å². The van der Waals surface area contributed by atoms with Gasteiger partial charge in [0.15, 0.2) is 4.80 Å². The first kappa shape index (κ1) is 34.3.